The molecule has 0 saturated carbocycles. The Hall–Kier alpha value is -2.70. The Morgan fingerprint density at radius 1 is 1.11 bits per heavy atom. The van der Waals surface area contributed by atoms with Crippen LogP contribution in [-0.4, -0.2) is 41.8 Å². The molecule has 27 heavy (non-hydrogen) atoms. The second kappa shape index (κ2) is 11.8. The molecule has 0 saturated heterocycles. The van der Waals surface area contributed by atoms with E-state index in [0.717, 1.165) is 12.8 Å². The molecule has 1 aromatic rings. The normalized spacial score (nSPS) is 12.9. The molecule has 1 rings (SSSR count). The topological polar surface area (TPSA) is 113 Å². The van der Waals surface area contributed by atoms with Crippen molar-refractivity contribution in [2.45, 2.75) is 45.6 Å². The Kier molecular flexibility index (Phi) is 9.79. The van der Waals surface area contributed by atoms with Crippen molar-refractivity contribution >= 4 is 24.1 Å². The molecule has 2 amide bonds. The Labute approximate surface area is 159 Å². The number of carbonyl (C=O) groups is 4. The zero-order valence-corrected chi connectivity index (χ0v) is 15.8. The summed E-state index contributed by atoms with van der Waals surface area (Å²) < 4.78 is 0. The van der Waals surface area contributed by atoms with Gasteiger partial charge in [0.2, 0.25) is 11.8 Å². The van der Waals surface area contributed by atoms with Crippen molar-refractivity contribution in [3.05, 3.63) is 35.9 Å². The summed E-state index contributed by atoms with van der Waals surface area (Å²) in [5.74, 6) is -2.65. The molecule has 7 nitrogen and oxygen atoms in total. The first-order valence-electron chi connectivity index (χ1n) is 9.11. The number of aldehydes is 1. The lowest BCUT2D eigenvalue weighted by atomic mass is 9.91. The van der Waals surface area contributed by atoms with Gasteiger partial charge in [0, 0.05) is 18.9 Å². The lowest BCUT2D eigenvalue weighted by Gasteiger charge is -2.21. The predicted octanol–water partition coefficient (Wildman–Crippen LogP) is 1.56. The van der Waals surface area contributed by atoms with Crippen LogP contribution in [0, 0.1) is 11.8 Å². The standard InChI is InChI=1S/C20H28N2O5/c1-14(2)17(20(27)22-16(13-23)11-19(25)26)12-18(24)21-10-6-9-15-7-4-3-5-8-15/h3-5,7-8,13-14,16-17H,6,9-12H2,1-2H3,(H,21,24)(H,22,27)(H,25,26)/t16-,17?/m0/s1. The fraction of sp³-hybridized carbons (Fsp3) is 0.500. The van der Waals surface area contributed by atoms with E-state index >= 15 is 0 Å². The monoisotopic (exact) mass is 376 g/mol. The van der Waals surface area contributed by atoms with Gasteiger partial charge in [0.1, 0.15) is 6.29 Å². The highest BCUT2D eigenvalue weighted by Gasteiger charge is 2.27. The predicted molar refractivity (Wildman–Crippen MR) is 101 cm³/mol. The molecule has 7 heteroatoms. The first-order chi connectivity index (χ1) is 12.8. The van der Waals surface area contributed by atoms with Crippen LogP contribution in [0.3, 0.4) is 0 Å². The van der Waals surface area contributed by atoms with Gasteiger partial charge >= 0.3 is 5.97 Å². The third-order valence-corrected chi connectivity index (χ3v) is 4.24. The van der Waals surface area contributed by atoms with Gasteiger partial charge in [0.25, 0.3) is 0 Å². The van der Waals surface area contributed by atoms with Crippen molar-refractivity contribution in [2.75, 3.05) is 6.54 Å². The van der Waals surface area contributed by atoms with Crippen molar-refractivity contribution in [1.29, 1.82) is 0 Å². The van der Waals surface area contributed by atoms with Crippen LogP contribution in [0.4, 0.5) is 0 Å². The van der Waals surface area contributed by atoms with Crippen LogP contribution in [0.1, 0.15) is 38.7 Å². The molecular formula is C20H28N2O5. The minimum absolute atomic E-state index is 0.00646. The third-order valence-electron chi connectivity index (χ3n) is 4.24. The molecule has 0 aromatic heterocycles. The number of carboxylic acid groups (broad SMARTS) is 1. The van der Waals surface area contributed by atoms with Crippen LogP contribution in [0.5, 0.6) is 0 Å². The lowest BCUT2D eigenvalue weighted by molar-refractivity contribution is -0.139. The maximum atomic E-state index is 12.3. The molecule has 0 aliphatic rings. The van der Waals surface area contributed by atoms with Gasteiger partial charge in [-0.2, -0.15) is 0 Å². The van der Waals surface area contributed by atoms with E-state index in [-0.39, 0.29) is 18.2 Å². The number of aliphatic carboxylic acids is 1. The smallest absolute Gasteiger partial charge is 0.305 e. The van der Waals surface area contributed by atoms with Gasteiger partial charge in [0.15, 0.2) is 0 Å². The van der Waals surface area contributed by atoms with E-state index in [1.165, 1.54) is 5.56 Å². The second-order valence-corrected chi connectivity index (χ2v) is 6.84. The quantitative estimate of drug-likeness (QED) is 0.378. The van der Waals surface area contributed by atoms with Crippen LogP contribution >= 0.6 is 0 Å². The Balaban J connectivity index is 2.45. The Morgan fingerprint density at radius 2 is 1.78 bits per heavy atom. The number of amides is 2. The molecule has 0 bridgehead atoms. The molecule has 0 aliphatic heterocycles. The zero-order chi connectivity index (χ0) is 20.2. The largest absolute Gasteiger partial charge is 0.481 e. The molecule has 0 aliphatic carbocycles. The Bertz CT molecular complexity index is 631. The van der Waals surface area contributed by atoms with E-state index in [1.54, 1.807) is 13.8 Å². The summed E-state index contributed by atoms with van der Waals surface area (Å²) in [6, 6.07) is 8.86. The average molecular weight is 376 g/mol. The molecule has 148 valence electrons. The summed E-state index contributed by atoms with van der Waals surface area (Å²) >= 11 is 0. The van der Waals surface area contributed by atoms with Crippen molar-refractivity contribution in [3.8, 4) is 0 Å². The molecule has 0 spiro atoms. The van der Waals surface area contributed by atoms with E-state index < -0.39 is 30.3 Å². The third kappa shape index (κ3) is 8.99. The van der Waals surface area contributed by atoms with Gasteiger partial charge < -0.3 is 20.5 Å². The number of carbonyl (C=O) groups excluding carboxylic acids is 3. The van der Waals surface area contributed by atoms with Crippen molar-refractivity contribution in [2.24, 2.45) is 11.8 Å². The van der Waals surface area contributed by atoms with E-state index in [0.29, 0.717) is 12.8 Å². The fourth-order valence-corrected chi connectivity index (χ4v) is 2.68. The maximum Gasteiger partial charge on any atom is 0.305 e. The van der Waals surface area contributed by atoms with Gasteiger partial charge in [-0.25, -0.2) is 0 Å². The van der Waals surface area contributed by atoms with Crippen molar-refractivity contribution in [1.82, 2.24) is 10.6 Å². The molecular weight excluding hydrogens is 348 g/mol. The van der Waals surface area contributed by atoms with Gasteiger partial charge in [0.05, 0.1) is 12.5 Å². The number of hydrogen-bond acceptors (Lipinski definition) is 4. The number of nitrogens with one attached hydrogen (secondary N) is 2. The highest BCUT2D eigenvalue weighted by Crippen LogP contribution is 2.16. The van der Waals surface area contributed by atoms with E-state index in [9.17, 15) is 19.2 Å². The number of rotatable bonds is 12. The summed E-state index contributed by atoms with van der Waals surface area (Å²) in [7, 11) is 0. The van der Waals surface area contributed by atoms with Crippen LogP contribution in [-0.2, 0) is 25.6 Å². The lowest BCUT2D eigenvalue weighted by Crippen LogP contribution is -2.44. The highest BCUT2D eigenvalue weighted by atomic mass is 16.4. The average Bonchev–Trinajstić information content (AvgIpc) is 2.62. The summed E-state index contributed by atoms with van der Waals surface area (Å²) in [5, 5.41) is 14.0. The van der Waals surface area contributed by atoms with E-state index in [2.05, 4.69) is 10.6 Å². The molecule has 1 aromatic carbocycles. The summed E-state index contributed by atoms with van der Waals surface area (Å²) in [5.41, 5.74) is 1.20. The summed E-state index contributed by atoms with van der Waals surface area (Å²) in [4.78, 5) is 46.1. The summed E-state index contributed by atoms with van der Waals surface area (Å²) in [6.45, 7) is 4.12. The van der Waals surface area contributed by atoms with Gasteiger partial charge in [-0.05, 0) is 24.3 Å². The maximum absolute atomic E-state index is 12.3. The molecule has 3 N–H and O–H groups in total. The number of benzene rings is 1. The van der Waals surface area contributed by atoms with Crippen LogP contribution in [0.2, 0.25) is 0 Å². The molecule has 0 radical (unpaired) electrons. The van der Waals surface area contributed by atoms with Crippen LogP contribution in [0.15, 0.2) is 30.3 Å². The van der Waals surface area contributed by atoms with E-state index in [1.807, 2.05) is 30.3 Å². The molecule has 2 atom stereocenters. The SMILES string of the molecule is CC(C)C(CC(=O)NCCCc1ccccc1)C(=O)N[C@H](C=O)CC(=O)O. The Morgan fingerprint density at radius 3 is 2.33 bits per heavy atom. The fourth-order valence-electron chi connectivity index (χ4n) is 2.68. The van der Waals surface area contributed by atoms with Gasteiger partial charge in [-0.15, -0.1) is 0 Å². The highest BCUT2D eigenvalue weighted by molar-refractivity contribution is 5.88. The first kappa shape index (κ1) is 22.3. The first-order valence-corrected chi connectivity index (χ1v) is 9.11. The van der Waals surface area contributed by atoms with E-state index in [4.69, 9.17) is 5.11 Å². The molecule has 0 fully saturated rings. The van der Waals surface area contributed by atoms with Crippen molar-refractivity contribution < 1.29 is 24.3 Å². The number of hydrogen-bond donors (Lipinski definition) is 3. The zero-order valence-electron chi connectivity index (χ0n) is 15.8. The van der Waals surface area contributed by atoms with Crippen LogP contribution < -0.4 is 10.6 Å². The summed E-state index contributed by atoms with van der Waals surface area (Å²) in [6.07, 6.45) is 1.55. The van der Waals surface area contributed by atoms with Gasteiger partial charge in [-0.1, -0.05) is 44.2 Å². The molecule has 1 unspecified atom stereocenters. The number of aryl methyl sites for hydroxylation is 1. The number of carboxylic acids is 1. The molecule has 0 heterocycles. The van der Waals surface area contributed by atoms with Crippen LogP contribution in [0.25, 0.3) is 0 Å². The van der Waals surface area contributed by atoms with Gasteiger partial charge in [-0.3, -0.25) is 14.4 Å². The second-order valence-electron chi connectivity index (χ2n) is 6.84. The minimum atomic E-state index is -1.18. The van der Waals surface area contributed by atoms with Crippen molar-refractivity contribution in [3.63, 3.8) is 0 Å². The minimum Gasteiger partial charge on any atom is -0.481 e.